The number of aromatic amines is 1. The lowest BCUT2D eigenvalue weighted by atomic mass is 10.1. The molecule has 0 radical (unpaired) electrons. The SMILES string of the molecule is CSc1ccc2cc(C(=O)N[C@@H]3CCCNC3)[nH]c2c1. The lowest BCUT2D eigenvalue weighted by Crippen LogP contribution is -2.45. The molecule has 1 aliphatic rings. The van der Waals surface area contributed by atoms with E-state index < -0.39 is 0 Å². The van der Waals surface area contributed by atoms with Crippen LogP contribution in [0.15, 0.2) is 29.2 Å². The van der Waals surface area contributed by atoms with E-state index in [2.05, 4.69) is 33.8 Å². The molecule has 1 aromatic heterocycles. The molecule has 1 fully saturated rings. The van der Waals surface area contributed by atoms with Crippen molar-refractivity contribution in [1.82, 2.24) is 15.6 Å². The fourth-order valence-electron chi connectivity index (χ4n) is 2.59. The van der Waals surface area contributed by atoms with Crippen LogP contribution in [0.25, 0.3) is 10.9 Å². The van der Waals surface area contributed by atoms with Gasteiger partial charge in [-0.3, -0.25) is 4.79 Å². The average Bonchev–Trinajstić information content (AvgIpc) is 2.91. The Bertz CT molecular complexity index is 617. The van der Waals surface area contributed by atoms with Gasteiger partial charge in [0.15, 0.2) is 0 Å². The number of piperidine rings is 1. The third-order valence-electron chi connectivity index (χ3n) is 3.71. The first-order chi connectivity index (χ1) is 9.76. The molecule has 2 aromatic rings. The molecule has 0 saturated carbocycles. The largest absolute Gasteiger partial charge is 0.350 e. The molecule has 20 heavy (non-hydrogen) atoms. The number of amides is 1. The normalized spacial score (nSPS) is 19.1. The molecule has 106 valence electrons. The van der Waals surface area contributed by atoms with Crippen LogP contribution in [0.1, 0.15) is 23.3 Å². The quantitative estimate of drug-likeness (QED) is 0.760. The Morgan fingerprint density at radius 2 is 2.30 bits per heavy atom. The third-order valence-corrected chi connectivity index (χ3v) is 4.43. The topological polar surface area (TPSA) is 56.9 Å². The summed E-state index contributed by atoms with van der Waals surface area (Å²) < 4.78 is 0. The highest BCUT2D eigenvalue weighted by atomic mass is 32.2. The minimum Gasteiger partial charge on any atom is -0.350 e. The lowest BCUT2D eigenvalue weighted by Gasteiger charge is -2.23. The predicted octanol–water partition coefficient (Wildman–Crippen LogP) is 2.37. The maximum atomic E-state index is 12.3. The second-order valence-corrected chi connectivity index (χ2v) is 6.03. The number of aromatic nitrogens is 1. The van der Waals surface area contributed by atoms with Crippen LogP contribution in [-0.4, -0.2) is 36.3 Å². The van der Waals surface area contributed by atoms with Gasteiger partial charge in [-0.2, -0.15) is 0 Å². The molecule has 1 aromatic carbocycles. The summed E-state index contributed by atoms with van der Waals surface area (Å²) in [6.45, 7) is 1.92. The molecular formula is C15H19N3OS. The first-order valence-corrected chi connectivity index (χ1v) is 8.17. The van der Waals surface area contributed by atoms with E-state index in [4.69, 9.17) is 0 Å². The zero-order valence-electron chi connectivity index (χ0n) is 11.5. The van der Waals surface area contributed by atoms with Crippen molar-refractivity contribution in [2.75, 3.05) is 19.3 Å². The highest BCUT2D eigenvalue weighted by molar-refractivity contribution is 7.98. The molecule has 0 aliphatic carbocycles. The van der Waals surface area contributed by atoms with Crippen molar-refractivity contribution in [2.45, 2.75) is 23.8 Å². The van der Waals surface area contributed by atoms with E-state index in [0.29, 0.717) is 5.69 Å². The van der Waals surface area contributed by atoms with Crippen molar-refractivity contribution in [1.29, 1.82) is 0 Å². The summed E-state index contributed by atoms with van der Waals surface area (Å²) in [5, 5.41) is 7.47. The van der Waals surface area contributed by atoms with Gasteiger partial charge in [-0.05, 0) is 43.8 Å². The Kier molecular flexibility index (Phi) is 3.98. The van der Waals surface area contributed by atoms with Gasteiger partial charge in [0, 0.05) is 28.4 Å². The Morgan fingerprint density at radius 1 is 1.40 bits per heavy atom. The van der Waals surface area contributed by atoms with Gasteiger partial charge in [0.05, 0.1) is 0 Å². The number of nitrogens with one attached hydrogen (secondary N) is 3. The Labute approximate surface area is 122 Å². The summed E-state index contributed by atoms with van der Waals surface area (Å²) in [6.07, 6.45) is 4.22. The van der Waals surface area contributed by atoms with E-state index in [0.717, 1.165) is 36.8 Å². The standard InChI is InChI=1S/C15H19N3OS/c1-20-12-5-4-10-7-14(18-13(10)8-12)15(19)17-11-3-2-6-16-9-11/h4-5,7-8,11,16,18H,2-3,6,9H2,1H3,(H,17,19)/t11-/m1/s1. The summed E-state index contributed by atoms with van der Waals surface area (Å²) >= 11 is 1.70. The van der Waals surface area contributed by atoms with Gasteiger partial charge in [0.2, 0.25) is 0 Å². The Balaban J connectivity index is 1.77. The number of carbonyl (C=O) groups is 1. The van der Waals surface area contributed by atoms with E-state index in [1.54, 1.807) is 11.8 Å². The van der Waals surface area contributed by atoms with Gasteiger partial charge in [0.1, 0.15) is 5.69 Å². The van der Waals surface area contributed by atoms with Crippen LogP contribution >= 0.6 is 11.8 Å². The number of carbonyl (C=O) groups excluding carboxylic acids is 1. The molecular weight excluding hydrogens is 270 g/mol. The van der Waals surface area contributed by atoms with Crippen LogP contribution in [-0.2, 0) is 0 Å². The minimum absolute atomic E-state index is 0.0133. The van der Waals surface area contributed by atoms with Crippen LogP contribution in [0.3, 0.4) is 0 Å². The molecule has 1 saturated heterocycles. The van der Waals surface area contributed by atoms with Gasteiger partial charge in [0.25, 0.3) is 5.91 Å². The van der Waals surface area contributed by atoms with Gasteiger partial charge in [-0.25, -0.2) is 0 Å². The maximum Gasteiger partial charge on any atom is 0.267 e. The summed E-state index contributed by atoms with van der Waals surface area (Å²) in [6, 6.07) is 8.37. The van der Waals surface area contributed by atoms with E-state index in [1.807, 2.05) is 12.3 Å². The Hall–Kier alpha value is -1.46. The van der Waals surface area contributed by atoms with Crippen LogP contribution in [0.4, 0.5) is 0 Å². The molecule has 1 atom stereocenters. The molecule has 3 rings (SSSR count). The van der Waals surface area contributed by atoms with Crippen LogP contribution in [0.2, 0.25) is 0 Å². The average molecular weight is 289 g/mol. The van der Waals surface area contributed by atoms with Crippen molar-refractivity contribution in [3.63, 3.8) is 0 Å². The minimum atomic E-state index is -0.0133. The van der Waals surface area contributed by atoms with Crippen molar-refractivity contribution in [2.24, 2.45) is 0 Å². The number of thioether (sulfide) groups is 1. The van der Waals surface area contributed by atoms with Crippen molar-refractivity contribution in [3.05, 3.63) is 30.0 Å². The maximum absolute atomic E-state index is 12.3. The van der Waals surface area contributed by atoms with Crippen molar-refractivity contribution >= 4 is 28.6 Å². The number of rotatable bonds is 3. The van der Waals surface area contributed by atoms with E-state index >= 15 is 0 Å². The number of benzene rings is 1. The second-order valence-electron chi connectivity index (χ2n) is 5.15. The zero-order chi connectivity index (χ0) is 13.9. The zero-order valence-corrected chi connectivity index (χ0v) is 12.3. The number of hydrogen-bond acceptors (Lipinski definition) is 3. The van der Waals surface area contributed by atoms with E-state index in [1.165, 1.54) is 4.90 Å². The highest BCUT2D eigenvalue weighted by Gasteiger charge is 2.17. The van der Waals surface area contributed by atoms with Gasteiger partial charge in [-0.15, -0.1) is 11.8 Å². The number of hydrogen-bond donors (Lipinski definition) is 3. The van der Waals surface area contributed by atoms with Crippen LogP contribution in [0.5, 0.6) is 0 Å². The molecule has 1 aliphatic heterocycles. The first-order valence-electron chi connectivity index (χ1n) is 6.94. The monoisotopic (exact) mass is 289 g/mol. The molecule has 3 N–H and O–H groups in total. The van der Waals surface area contributed by atoms with Crippen LogP contribution in [0, 0.1) is 0 Å². The van der Waals surface area contributed by atoms with Crippen molar-refractivity contribution in [3.8, 4) is 0 Å². The fourth-order valence-corrected chi connectivity index (χ4v) is 3.03. The molecule has 4 nitrogen and oxygen atoms in total. The van der Waals surface area contributed by atoms with Gasteiger partial charge < -0.3 is 15.6 Å². The van der Waals surface area contributed by atoms with Gasteiger partial charge >= 0.3 is 0 Å². The summed E-state index contributed by atoms with van der Waals surface area (Å²) in [5.41, 5.74) is 1.66. The molecule has 5 heteroatoms. The number of fused-ring (bicyclic) bond motifs is 1. The smallest absolute Gasteiger partial charge is 0.267 e. The highest BCUT2D eigenvalue weighted by Crippen LogP contribution is 2.22. The van der Waals surface area contributed by atoms with Crippen molar-refractivity contribution < 1.29 is 4.79 Å². The summed E-state index contributed by atoms with van der Waals surface area (Å²) in [5.74, 6) is -0.0133. The van der Waals surface area contributed by atoms with Gasteiger partial charge in [-0.1, -0.05) is 6.07 Å². The first kappa shape index (κ1) is 13.5. The van der Waals surface area contributed by atoms with E-state index in [-0.39, 0.29) is 11.9 Å². The lowest BCUT2D eigenvalue weighted by molar-refractivity contribution is 0.0926. The molecule has 2 heterocycles. The molecule has 0 spiro atoms. The summed E-state index contributed by atoms with van der Waals surface area (Å²) in [4.78, 5) is 16.7. The third kappa shape index (κ3) is 2.83. The van der Waals surface area contributed by atoms with Crippen LogP contribution < -0.4 is 10.6 Å². The molecule has 0 unspecified atom stereocenters. The predicted molar refractivity (Wildman–Crippen MR) is 83.4 cm³/mol. The second kappa shape index (κ2) is 5.89. The fraction of sp³-hybridized carbons (Fsp3) is 0.400. The molecule has 0 bridgehead atoms. The summed E-state index contributed by atoms with van der Waals surface area (Å²) in [7, 11) is 0. The number of H-pyrrole nitrogens is 1. The Morgan fingerprint density at radius 3 is 3.05 bits per heavy atom. The molecule has 1 amide bonds. The van der Waals surface area contributed by atoms with E-state index in [9.17, 15) is 4.79 Å².